The Morgan fingerprint density at radius 1 is 1.07 bits per heavy atom. The van der Waals surface area contributed by atoms with Gasteiger partial charge in [-0.2, -0.15) is 0 Å². The lowest BCUT2D eigenvalue weighted by Gasteiger charge is -2.32. The molecule has 7 heteroatoms. The SMILES string of the molecule is O=C(NC1CCN(Cc2ccc(F)cc2)CC1)c1ccc2[nH]c(=O)[nH]c2c1. The number of carbonyl (C=O) groups is 1. The summed E-state index contributed by atoms with van der Waals surface area (Å²) in [5.41, 5.74) is 2.66. The smallest absolute Gasteiger partial charge is 0.323 e. The molecule has 0 atom stereocenters. The summed E-state index contributed by atoms with van der Waals surface area (Å²) in [6.07, 6.45) is 1.74. The van der Waals surface area contributed by atoms with E-state index < -0.39 is 0 Å². The van der Waals surface area contributed by atoms with Crippen LogP contribution in [0.4, 0.5) is 4.39 Å². The highest BCUT2D eigenvalue weighted by atomic mass is 19.1. The Hall–Kier alpha value is -2.93. The molecule has 1 fully saturated rings. The van der Waals surface area contributed by atoms with E-state index in [4.69, 9.17) is 0 Å². The van der Waals surface area contributed by atoms with Crippen LogP contribution in [0.15, 0.2) is 47.3 Å². The predicted molar refractivity (Wildman–Crippen MR) is 101 cm³/mol. The second kappa shape index (κ2) is 7.36. The standard InChI is InChI=1S/C20H21FN4O2/c21-15-4-1-13(2-5-15)12-25-9-7-16(8-10-25)22-19(26)14-3-6-17-18(11-14)24-20(27)23-17/h1-6,11,16H,7-10,12H2,(H,22,26)(H2,23,24,27). The molecule has 2 aromatic carbocycles. The number of benzene rings is 2. The topological polar surface area (TPSA) is 81.0 Å². The van der Waals surface area contributed by atoms with Crippen LogP contribution in [0.1, 0.15) is 28.8 Å². The summed E-state index contributed by atoms with van der Waals surface area (Å²) >= 11 is 0. The molecule has 1 saturated heterocycles. The zero-order valence-electron chi connectivity index (χ0n) is 14.8. The number of rotatable bonds is 4. The van der Waals surface area contributed by atoms with Gasteiger partial charge in [-0.3, -0.25) is 9.69 Å². The minimum Gasteiger partial charge on any atom is -0.349 e. The first kappa shape index (κ1) is 17.5. The van der Waals surface area contributed by atoms with Gasteiger partial charge in [-0.1, -0.05) is 12.1 Å². The van der Waals surface area contributed by atoms with Crippen LogP contribution in [0, 0.1) is 5.82 Å². The van der Waals surface area contributed by atoms with Gasteiger partial charge in [0.05, 0.1) is 11.0 Å². The summed E-state index contributed by atoms with van der Waals surface area (Å²) in [5, 5.41) is 3.08. The molecule has 1 amide bonds. The minimum atomic E-state index is -0.281. The Morgan fingerprint density at radius 3 is 2.52 bits per heavy atom. The van der Waals surface area contributed by atoms with Crippen LogP contribution >= 0.6 is 0 Å². The molecule has 1 aromatic heterocycles. The van der Waals surface area contributed by atoms with Gasteiger partial charge in [-0.05, 0) is 48.7 Å². The number of halogens is 1. The Kier molecular flexibility index (Phi) is 4.77. The summed E-state index contributed by atoms with van der Waals surface area (Å²) in [6, 6.07) is 11.8. The van der Waals surface area contributed by atoms with Crippen LogP contribution in [0.3, 0.4) is 0 Å². The summed E-state index contributed by atoms with van der Waals surface area (Å²) in [6.45, 7) is 2.55. The van der Waals surface area contributed by atoms with Gasteiger partial charge in [-0.15, -0.1) is 0 Å². The van der Waals surface area contributed by atoms with Gasteiger partial charge in [0, 0.05) is 31.2 Å². The molecule has 1 aliphatic rings. The third-order valence-corrected chi connectivity index (χ3v) is 5.02. The fraction of sp³-hybridized carbons (Fsp3) is 0.300. The van der Waals surface area contributed by atoms with Crippen molar-refractivity contribution >= 4 is 16.9 Å². The number of hydrogen-bond donors (Lipinski definition) is 3. The van der Waals surface area contributed by atoms with Crippen molar-refractivity contribution in [2.75, 3.05) is 13.1 Å². The van der Waals surface area contributed by atoms with Gasteiger partial charge < -0.3 is 15.3 Å². The Bertz CT molecular complexity index is 1000. The van der Waals surface area contributed by atoms with E-state index in [2.05, 4.69) is 20.2 Å². The molecular weight excluding hydrogens is 347 g/mol. The molecule has 0 aliphatic carbocycles. The highest BCUT2D eigenvalue weighted by Gasteiger charge is 2.21. The van der Waals surface area contributed by atoms with Gasteiger partial charge in [0.15, 0.2) is 0 Å². The number of piperidine rings is 1. The molecule has 0 saturated carbocycles. The van der Waals surface area contributed by atoms with Crippen LogP contribution in [0.25, 0.3) is 11.0 Å². The lowest BCUT2D eigenvalue weighted by molar-refractivity contribution is 0.0909. The van der Waals surface area contributed by atoms with Crippen LogP contribution in [-0.2, 0) is 6.54 Å². The fourth-order valence-electron chi connectivity index (χ4n) is 3.53. The van der Waals surface area contributed by atoms with E-state index in [0.717, 1.165) is 38.0 Å². The Labute approximate surface area is 155 Å². The number of aromatic nitrogens is 2. The number of nitrogens with zero attached hydrogens (tertiary/aromatic N) is 1. The van der Waals surface area contributed by atoms with E-state index in [-0.39, 0.29) is 23.5 Å². The maximum atomic E-state index is 13.0. The van der Waals surface area contributed by atoms with Crippen molar-refractivity contribution in [1.29, 1.82) is 0 Å². The van der Waals surface area contributed by atoms with Crippen molar-refractivity contribution in [2.45, 2.75) is 25.4 Å². The molecule has 1 aliphatic heterocycles. The molecule has 27 heavy (non-hydrogen) atoms. The van der Waals surface area contributed by atoms with E-state index in [1.165, 1.54) is 12.1 Å². The first-order valence-corrected chi connectivity index (χ1v) is 9.06. The molecule has 6 nitrogen and oxygen atoms in total. The maximum Gasteiger partial charge on any atom is 0.323 e. The summed E-state index contributed by atoms with van der Waals surface area (Å²) < 4.78 is 13.0. The van der Waals surface area contributed by atoms with Gasteiger partial charge in [0.1, 0.15) is 5.82 Å². The van der Waals surface area contributed by atoms with E-state index in [0.29, 0.717) is 16.6 Å². The third kappa shape index (κ3) is 4.09. The zero-order chi connectivity index (χ0) is 18.8. The van der Waals surface area contributed by atoms with Crippen molar-refractivity contribution in [2.24, 2.45) is 0 Å². The number of hydrogen-bond acceptors (Lipinski definition) is 3. The predicted octanol–water partition coefficient (Wildman–Crippen LogP) is 2.39. The van der Waals surface area contributed by atoms with Crippen molar-refractivity contribution in [3.63, 3.8) is 0 Å². The lowest BCUT2D eigenvalue weighted by Crippen LogP contribution is -2.44. The largest absolute Gasteiger partial charge is 0.349 e. The summed E-state index contributed by atoms with van der Waals surface area (Å²) in [5.74, 6) is -0.349. The number of aromatic amines is 2. The van der Waals surface area contributed by atoms with E-state index >= 15 is 0 Å². The number of amides is 1. The highest BCUT2D eigenvalue weighted by Crippen LogP contribution is 2.16. The monoisotopic (exact) mass is 368 g/mol. The second-order valence-electron chi connectivity index (χ2n) is 6.99. The first-order valence-electron chi connectivity index (χ1n) is 9.06. The molecular formula is C20H21FN4O2. The van der Waals surface area contributed by atoms with Crippen LogP contribution in [-0.4, -0.2) is 39.9 Å². The lowest BCUT2D eigenvalue weighted by atomic mass is 10.0. The normalized spacial score (nSPS) is 15.9. The van der Waals surface area contributed by atoms with Crippen molar-refractivity contribution in [3.8, 4) is 0 Å². The number of imidazole rings is 1. The molecule has 140 valence electrons. The van der Waals surface area contributed by atoms with Gasteiger partial charge in [0.25, 0.3) is 5.91 Å². The third-order valence-electron chi connectivity index (χ3n) is 5.02. The number of nitrogens with one attached hydrogen (secondary N) is 3. The van der Waals surface area contributed by atoms with E-state index in [9.17, 15) is 14.0 Å². The van der Waals surface area contributed by atoms with Gasteiger partial charge in [-0.25, -0.2) is 9.18 Å². The molecule has 2 heterocycles. The maximum absolute atomic E-state index is 13.0. The molecule has 0 spiro atoms. The van der Waals surface area contributed by atoms with Gasteiger partial charge in [0.2, 0.25) is 0 Å². The first-order chi connectivity index (χ1) is 13.1. The van der Waals surface area contributed by atoms with Crippen LogP contribution in [0.2, 0.25) is 0 Å². The number of likely N-dealkylation sites (tertiary alicyclic amines) is 1. The molecule has 0 radical (unpaired) electrons. The zero-order valence-corrected chi connectivity index (χ0v) is 14.8. The average molecular weight is 368 g/mol. The number of H-pyrrole nitrogens is 2. The molecule has 3 aromatic rings. The molecule has 0 bridgehead atoms. The minimum absolute atomic E-state index is 0.128. The summed E-state index contributed by atoms with van der Waals surface area (Å²) in [4.78, 5) is 31.5. The van der Waals surface area contributed by atoms with Crippen molar-refractivity contribution < 1.29 is 9.18 Å². The van der Waals surface area contributed by atoms with Crippen LogP contribution in [0.5, 0.6) is 0 Å². The Balaban J connectivity index is 1.32. The van der Waals surface area contributed by atoms with E-state index in [1.807, 2.05) is 12.1 Å². The van der Waals surface area contributed by atoms with Crippen molar-refractivity contribution in [1.82, 2.24) is 20.2 Å². The number of fused-ring (bicyclic) bond motifs is 1. The van der Waals surface area contributed by atoms with E-state index in [1.54, 1.807) is 18.2 Å². The average Bonchev–Trinajstić information content (AvgIpc) is 3.04. The fourth-order valence-corrected chi connectivity index (χ4v) is 3.53. The molecule has 0 unspecified atom stereocenters. The number of carbonyl (C=O) groups excluding carboxylic acids is 1. The second-order valence-corrected chi connectivity index (χ2v) is 6.99. The molecule has 4 rings (SSSR count). The highest BCUT2D eigenvalue weighted by molar-refractivity contribution is 5.97. The quantitative estimate of drug-likeness (QED) is 0.661. The van der Waals surface area contributed by atoms with Crippen molar-refractivity contribution in [3.05, 3.63) is 69.9 Å². The summed E-state index contributed by atoms with van der Waals surface area (Å²) in [7, 11) is 0. The van der Waals surface area contributed by atoms with Gasteiger partial charge >= 0.3 is 5.69 Å². The molecule has 3 N–H and O–H groups in total. The Morgan fingerprint density at radius 2 is 1.78 bits per heavy atom. The van der Waals surface area contributed by atoms with Crippen LogP contribution < -0.4 is 11.0 Å².